The molecule has 0 bridgehead atoms. The molecule has 0 amide bonds. The Balaban J connectivity index is 4.19. The van der Waals surface area contributed by atoms with Crippen molar-refractivity contribution in [2.45, 2.75) is 39.0 Å². The number of carbonyl (C=O) groups is 1. The molecular formula is C8H18NO4P. The minimum Gasteiger partial charge on any atom is -0.323 e. The number of hydrogen-bond donors (Lipinski definition) is 3. The van der Waals surface area contributed by atoms with Crippen molar-refractivity contribution in [2.24, 2.45) is 5.92 Å². The molecule has 2 atom stereocenters. The number of aldehydes is 1. The third kappa shape index (κ3) is 5.50. The van der Waals surface area contributed by atoms with Crippen LogP contribution >= 0.6 is 7.60 Å². The van der Waals surface area contributed by atoms with Crippen LogP contribution in [0.2, 0.25) is 0 Å². The highest BCUT2D eigenvalue weighted by Gasteiger charge is 2.26. The molecule has 0 aromatic heterocycles. The van der Waals surface area contributed by atoms with E-state index in [1.54, 1.807) is 0 Å². The highest BCUT2D eigenvalue weighted by molar-refractivity contribution is 7.52. The Bertz CT molecular complexity index is 225. The molecular weight excluding hydrogens is 205 g/mol. The first-order valence-electron chi connectivity index (χ1n) is 4.54. The first kappa shape index (κ1) is 13.8. The van der Waals surface area contributed by atoms with Gasteiger partial charge in [0.25, 0.3) is 0 Å². The molecule has 0 aromatic carbocycles. The molecule has 0 radical (unpaired) electrons. The summed E-state index contributed by atoms with van der Waals surface area (Å²) in [5.41, 5.74) is 0. The molecule has 0 aliphatic heterocycles. The summed E-state index contributed by atoms with van der Waals surface area (Å²) in [4.78, 5) is 28.2. The summed E-state index contributed by atoms with van der Waals surface area (Å²) in [5, 5.41) is 2.61. The Morgan fingerprint density at radius 2 is 1.86 bits per heavy atom. The van der Waals surface area contributed by atoms with E-state index in [2.05, 4.69) is 5.32 Å². The summed E-state index contributed by atoms with van der Waals surface area (Å²) < 4.78 is 10.8. The smallest absolute Gasteiger partial charge is 0.323 e. The third-order valence-corrected chi connectivity index (χ3v) is 3.01. The number of nitrogens with one attached hydrogen (secondary N) is 1. The van der Waals surface area contributed by atoms with Gasteiger partial charge in [0.2, 0.25) is 0 Å². The molecule has 0 spiro atoms. The maximum atomic E-state index is 10.8. The van der Waals surface area contributed by atoms with Crippen LogP contribution < -0.4 is 5.32 Å². The topological polar surface area (TPSA) is 86.6 Å². The quantitative estimate of drug-likeness (QED) is 0.456. The van der Waals surface area contributed by atoms with Gasteiger partial charge in [-0.3, -0.25) is 9.88 Å². The third-order valence-electron chi connectivity index (χ3n) is 1.85. The van der Waals surface area contributed by atoms with Crippen molar-refractivity contribution < 1.29 is 19.1 Å². The van der Waals surface area contributed by atoms with Crippen LogP contribution in [-0.2, 0) is 9.36 Å². The van der Waals surface area contributed by atoms with Crippen LogP contribution in [0.3, 0.4) is 0 Å². The van der Waals surface area contributed by atoms with Crippen molar-refractivity contribution in [1.29, 1.82) is 0 Å². The zero-order valence-electron chi connectivity index (χ0n) is 8.67. The second kappa shape index (κ2) is 5.61. The molecule has 3 N–H and O–H groups in total. The Kier molecular flexibility index (Phi) is 5.52. The Morgan fingerprint density at radius 1 is 1.36 bits per heavy atom. The molecule has 0 aromatic rings. The summed E-state index contributed by atoms with van der Waals surface area (Å²) in [6, 6.07) is -0.488. The van der Waals surface area contributed by atoms with Crippen LogP contribution in [-0.4, -0.2) is 27.9 Å². The van der Waals surface area contributed by atoms with Crippen molar-refractivity contribution in [3.63, 3.8) is 0 Å². The molecule has 0 aliphatic carbocycles. The SMILES string of the molecule is CC(C)C[C@@H](C=O)NC(C)P(=O)(O)O. The summed E-state index contributed by atoms with van der Waals surface area (Å²) in [6.45, 7) is 5.26. The summed E-state index contributed by atoms with van der Waals surface area (Å²) in [5.74, 6) is -0.668. The average molecular weight is 223 g/mol. The standard InChI is InChI=1S/C8H18NO4P/c1-6(2)4-8(5-10)9-7(3)14(11,12)13/h5-9H,4H2,1-3H3,(H2,11,12,13)/t7?,8-/m0/s1. The highest BCUT2D eigenvalue weighted by atomic mass is 31.2. The molecule has 0 heterocycles. The van der Waals surface area contributed by atoms with Gasteiger partial charge >= 0.3 is 7.60 Å². The van der Waals surface area contributed by atoms with E-state index in [4.69, 9.17) is 9.79 Å². The predicted octanol–water partition coefficient (Wildman–Crippen LogP) is 0.713. The Hall–Kier alpha value is -0.220. The first-order valence-corrected chi connectivity index (χ1v) is 6.22. The Morgan fingerprint density at radius 3 is 2.14 bits per heavy atom. The fourth-order valence-corrected chi connectivity index (χ4v) is 1.46. The molecule has 0 aliphatic rings. The lowest BCUT2D eigenvalue weighted by atomic mass is 10.1. The van der Waals surface area contributed by atoms with Gasteiger partial charge < -0.3 is 14.6 Å². The van der Waals surface area contributed by atoms with Crippen molar-refractivity contribution in [3.05, 3.63) is 0 Å². The van der Waals surface area contributed by atoms with Gasteiger partial charge in [-0.2, -0.15) is 0 Å². The van der Waals surface area contributed by atoms with Gasteiger partial charge in [0.05, 0.1) is 6.04 Å². The minimum atomic E-state index is -4.14. The Labute approximate surface area is 84.1 Å². The van der Waals surface area contributed by atoms with Gasteiger partial charge in [-0.25, -0.2) is 0 Å². The van der Waals surface area contributed by atoms with Gasteiger partial charge in [-0.15, -0.1) is 0 Å². The normalized spacial score (nSPS) is 16.7. The molecule has 84 valence electrons. The van der Waals surface area contributed by atoms with Crippen LogP contribution in [0, 0.1) is 5.92 Å². The van der Waals surface area contributed by atoms with E-state index in [1.807, 2.05) is 13.8 Å². The molecule has 0 rings (SSSR count). The van der Waals surface area contributed by atoms with Crippen molar-refractivity contribution >= 4 is 13.9 Å². The summed E-state index contributed by atoms with van der Waals surface area (Å²) in [6.07, 6.45) is 1.26. The van der Waals surface area contributed by atoms with E-state index < -0.39 is 19.4 Å². The summed E-state index contributed by atoms with van der Waals surface area (Å²) in [7, 11) is -4.14. The fraction of sp³-hybridized carbons (Fsp3) is 0.875. The maximum absolute atomic E-state index is 10.8. The minimum absolute atomic E-state index is 0.307. The van der Waals surface area contributed by atoms with Crippen molar-refractivity contribution in [2.75, 3.05) is 0 Å². The van der Waals surface area contributed by atoms with E-state index in [0.717, 1.165) is 0 Å². The zero-order valence-corrected chi connectivity index (χ0v) is 9.57. The number of carbonyl (C=O) groups excluding carboxylic acids is 1. The van der Waals surface area contributed by atoms with Crippen LogP contribution in [0.4, 0.5) is 0 Å². The number of hydrogen-bond acceptors (Lipinski definition) is 3. The van der Waals surface area contributed by atoms with E-state index in [1.165, 1.54) is 6.92 Å². The number of rotatable bonds is 6. The predicted molar refractivity (Wildman–Crippen MR) is 53.9 cm³/mol. The van der Waals surface area contributed by atoms with Crippen LogP contribution in [0.1, 0.15) is 27.2 Å². The van der Waals surface area contributed by atoms with Crippen LogP contribution in [0.5, 0.6) is 0 Å². The molecule has 0 fully saturated rings. The van der Waals surface area contributed by atoms with E-state index in [9.17, 15) is 9.36 Å². The second-order valence-corrected chi connectivity index (χ2v) is 5.76. The lowest BCUT2D eigenvalue weighted by molar-refractivity contribution is -0.110. The second-order valence-electron chi connectivity index (χ2n) is 3.80. The largest absolute Gasteiger partial charge is 0.342 e. The molecule has 1 unspecified atom stereocenters. The van der Waals surface area contributed by atoms with E-state index in [0.29, 0.717) is 18.6 Å². The van der Waals surface area contributed by atoms with Crippen LogP contribution in [0.15, 0.2) is 0 Å². The maximum Gasteiger partial charge on any atom is 0.342 e. The van der Waals surface area contributed by atoms with E-state index >= 15 is 0 Å². The van der Waals surface area contributed by atoms with Gasteiger partial charge in [0.15, 0.2) is 0 Å². The van der Waals surface area contributed by atoms with Gasteiger partial charge in [0, 0.05) is 0 Å². The molecule has 6 heteroatoms. The van der Waals surface area contributed by atoms with Gasteiger partial charge in [-0.1, -0.05) is 13.8 Å². The lowest BCUT2D eigenvalue weighted by Crippen LogP contribution is -2.38. The monoisotopic (exact) mass is 223 g/mol. The average Bonchev–Trinajstić information content (AvgIpc) is 2.00. The van der Waals surface area contributed by atoms with Gasteiger partial charge in [0.1, 0.15) is 12.1 Å². The molecule has 5 nitrogen and oxygen atoms in total. The van der Waals surface area contributed by atoms with Gasteiger partial charge in [-0.05, 0) is 19.3 Å². The molecule has 14 heavy (non-hydrogen) atoms. The van der Waals surface area contributed by atoms with Crippen molar-refractivity contribution in [1.82, 2.24) is 5.32 Å². The molecule has 0 saturated heterocycles. The first-order chi connectivity index (χ1) is 6.27. The fourth-order valence-electron chi connectivity index (χ4n) is 1.08. The molecule has 0 saturated carbocycles. The highest BCUT2D eigenvalue weighted by Crippen LogP contribution is 2.39. The van der Waals surface area contributed by atoms with E-state index in [-0.39, 0.29) is 0 Å². The van der Waals surface area contributed by atoms with Crippen molar-refractivity contribution in [3.8, 4) is 0 Å². The lowest BCUT2D eigenvalue weighted by Gasteiger charge is -2.20. The summed E-state index contributed by atoms with van der Waals surface area (Å²) >= 11 is 0. The van der Waals surface area contributed by atoms with Crippen LogP contribution in [0.25, 0.3) is 0 Å². The zero-order chi connectivity index (χ0) is 11.4.